The van der Waals surface area contributed by atoms with Gasteiger partial charge in [-0.3, -0.25) is 15.0 Å². The number of anilines is 1. The smallest absolute Gasteiger partial charge is 0.257 e. The minimum Gasteiger partial charge on any atom is -0.379 e. The molecule has 142 valence electrons. The molecule has 8 heteroatoms. The first-order valence-electron chi connectivity index (χ1n) is 8.48. The predicted octanol–water partition coefficient (Wildman–Crippen LogP) is 3.95. The van der Waals surface area contributed by atoms with Gasteiger partial charge in [0.1, 0.15) is 0 Å². The summed E-state index contributed by atoms with van der Waals surface area (Å²) in [5, 5.41) is 6.56. The van der Waals surface area contributed by atoms with E-state index in [0.717, 1.165) is 38.5 Å². The van der Waals surface area contributed by atoms with Crippen molar-refractivity contribution in [3.05, 3.63) is 63.6 Å². The lowest BCUT2D eigenvalue weighted by atomic mass is 10.2. The molecule has 0 aromatic heterocycles. The molecule has 0 spiro atoms. The van der Waals surface area contributed by atoms with Crippen LogP contribution in [0.15, 0.2) is 42.5 Å². The van der Waals surface area contributed by atoms with Gasteiger partial charge in [-0.1, -0.05) is 35.3 Å². The maximum absolute atomic E-state index is 12.2. The quantitative estimate of drug-likeness (QED) is 0.728. The first-order chi connectivity index (χ1) is 13.0. The van der Waals surface area contributed by atoms with Crippen LogP contribution in [0.2, 0.25) is 10.0 Å². The minimum atomic E-state index is -0.352. The summed E-state index contributed by atoms with van der Waals surface area (Å²) >= 11 is 17.0. The molecule has 0 aliphatic carbocycles. The van der Waals surface area contributed by atoms with E-state index in [1.807, 2.05) is 24.3 Å². The molecule has 27 heavy (non-hydrogen) atoms. The SMILES string of the molecule is O=C(NC(=S)Nc1ccc(CN2CCOCC2)cc1)c1ccc(Cl)c(Cl)c1. The van der Waals surface area contributed by atoms with Crippen LogP contribution in [0, 0.1) is 0 Å². The average molecular weight is 424 g/mol. The Kier molecular flexibility index (Phi) is 7.04. The van der Waals surface area contributed by atoms with Crippen molar-refractivity contribution in [2.75, 3.05) is 31.6 Å². The summed E-state index contributed by atoms with van der Waals surface area (Å²) in [6, 6.07) is 12.6. The maximum atomic E-state index is 12.2. The first kappa shape index (κ1) is 20.0. The van der Waals surface area contributed by atoms with Gasteiger partial charge in [-0.2, -0.15) is 0 Å². The van der Waals surface area contributed by atoms with Gasteiger partial charge in [-0.05, 0) is 48.1 Å². The Morgan fingerprint density at radius 2 is 1.78 bits per heavy atom. The summed E-state index contributed by atoms with van der Waals surface area (Å²) in [6.45, 7) is 4.36. The van der Waals surface area contributed by atoms with Gasteiger partial charge in [0.15, 0.2) is 5.11 Å². The van der Waals surface area contributed by atoms with E-state index in [9.17, 15) is 4.79 Å². The van der Waals surface area contributed by atoms with Crippen molar-refractivity contribution in [3.63, 3.8) is 0 Å². The summed E-state index contributed by atoms with van der Waals surface area (Å²) in [5.74, 6) is -0.352. The monoisotopic (exact) mass is 423 g/mol. The van der Waals surface area contributed by atoms with Gasteiger partial charge in [-0.15, -0.1) is 0 Å². The summed E-state index contributed by atoms with van der Waals surface area (Å²) in [7, 11) is 0. The molecule has 1 fully saturated rings. The van der Waals surface area contributed by atoms with Crippen LogP contribution in [0.25, 0.3) is 0 Å². The van der Waals surface area contributed by atoms with Gasteiger partial charge in [0.2, 0.25) is 0 Å². The van der Waals surface area contributed by atoms with Gasteiger partial charge in [0, 0.05) is 30.9 Å². The number of nitrogens with one attached hydrogen (secondary N) is 2. The van der Waals surface area contributed by atoms with E-state index in [1.165, 1.54) is 11.6 Å². The number of ether oxygens (including phenoxy) is 1. The van der Waals surface area contributed by atoms with E-state index in [1.54, 1.807) is 12.1 Å². The Bertz CT molecular complexity index is 824. The van der Waals surface area contributed by atoms with Crippen molar-refractivity contribution in [3.8, 4) is 0 Å². The maximum Gasteiger partial charge on any atom is 0.257 e. The highest BCUT2D eigenvalue weighted by Gasteiger charge is 2.12. The van der Waals surface area contributed by atoms with Crippen LogP contribution in [-0.2, 0) is 11.3 Å². The number of benzene rings is 2. The van der Waals surface area contributed by atoms with E-state index >= 15 is 0 Å². The number of morpholine rings is 1. The lowest BCUT2D eigenvalue weighted by molar-refractivity contribution is 0.0342. The third-order valence-corrected chi connectivity index (χ3v) is 5.07. The van der Waals surface area contributed by atoms with Gasteiger partial charge in [0.25, 0.3) is 5.91 Å². The molecule has 0 radical (unpaired) electrons. The van der Waals surface area contributed by atoms with Crippen molar-refractivity contribution in [1.82, 2.24) is 10.2 Å². The van der Waals surface area contributed by atoms with E-state index in [4.69, 9.17) is 40.2 Å². The normalized spacial score (nSPS) is 14.6. The number of carbonyl (C=O) groups excluding carboxylic acids is 1. The first-order valence-corrected chi connectivity index (χ1v) is 9.64. The highest BCUT2D eigenvalue weighted by atomic mass is 35.5. The molecule has 1 amide bonds. The molecule has 2 aromatic rings. The molecule has 2 aromatic carbocycles. The zero-order valence-corrected chi connectivity index (χ0v) is 16.8. The molecule has 0 atom stereocenters. The number of hydrogen-bond acceptors (Lipinski definition) is 4. The number of carbonyl (C=O) groups is 1. The zero-order chi connectivity index (χ0) is 19.2. The lowest BCUT2D eigenvalue weighted by Crippen LogP contribution is -2.35. The number of thiocarbonyl (C=S) groups is 1. The van der Waals surface area contributed by atoms with Crippen molar-refractivity contribution >= 4 is 52.1 Å². The lowest BCUT2D eigenvalue weighted by Gasteiger charge is -2.26. The highest BCUT2D eigenvalue weighted by Crippen LogP contribution is 2.22. The van der Waals surface area contributed by atoms with Crippen LogP contribution in [0.1, 0.15) is 15.9 Å². The molecule has 0 unspecified atom stereocenters. The standard InChI is InChI=1S/C19H19Cl2N3O2S/c20-16-6-3-14(11-17(16)21)18(25)23-19(27)22-15-4-1-13(2-5-15)12-24-7-9-26-10-8-24/h1-6,11H,7-10,12H2,(H2,22,23,25,27). The molecule has 1 heterocycles. The summed E-state index contributed by atoms with van der Waals surface area (Å²) in [4.78, 5) is 14.6. The van der Waals surface area contributed by atoms with Gasteiger partial charge < -0.3 is 10.1 Å². The Morgan fingerprint density at radius 1 is 1.07 bits per heavy atom. The topological polar surface area (TPSA) is 53.6 Å². The number of amides is 1. The van der Waals surface area contributed by atoms with Gasteiger partial charge in [0.05, 0.1) is 23.3 Å². The fourth-order valence-electron chi connectivity index (χ4n) is 2.69. The largest absolute Gasteiger partial charge is 0.379 e. The predicted molar refractivity (Wildman–Crippen MR) is 113 cm³/mol. The van der Waals surface area contributed by atoms with Crippen LogP contribution in [-0.4, -0.2) is 42.2 Å². The molecule has 0 bridgehead atoms. The molecule has 0 saturated carbocycles. The van der Waals surface area contributed by atoms with E-state index in [-0.39, 0.29) is 11.0 Å². The number of nitrogens with zero attached hydrogens (tertiary/aromatic N) is 1. The third kappa shape index (κ3) is 5.89. The summed E-state index contributed by atoms with van der Waals surface area (Å²) in [5.41, 5.74) is 2.41. The Hall–Kier alpha value is -1.70. The Morgan fingerprint density at radius 3 is 2.44 bits per heavy atom. The van der Waals surface area contributed by atoms with Crippen LogP contribution in [0.4, 0.5) is 5.69 Å². The second kappa shape index (κ2) is 9.48. The second-order valence-corrected chi connectivity index (χ2v) is 7.35. The van der Waals surface area contributed by atoms with E-state index in [2.05, 4.69) is 15.5 Å². The van der Waals surface area contributed by atoms with Crippen LogP contribution < -0.4 is 10.6 Å². The van der Waals surface area contributed by atoms with Crippen LogP contribution in [0.3, 0.4) is 0 Å². The molecule has 1 aliphatic rings. The van der Waals surface area contributed by atoms with E-state index in [0.29, 0.717) is 15.6 Å². The molecule has 2 N–H and O–H groups in total. The number of hydrogen-bond donors (Lipinski definition) is 2. The highest BCUT2D eigenvalue weighted by molar-refractivity contribution is 7.80. The Balaban J connectivity index is 1.52. The molecular formula is C19H19Cl2N3O2S. The van der Waals surface area contributed by atoms with Crippen molar-refractivity contribution in [1.29, 1.82) is 0 Å². The minimum absolute atomic E-state index is 0.215. The van der Waals surface area contributed by atoms with Crippen molar-refractivity contribution in [2.24, 2.45) is 0 Å². The fourth-order valence-corrected chi connectivity index (χ4v) is 3.19. The second-order valence-electron chi connectivity index (χ2n) is 6.12. The number of halogens is 2. The number of rotatable bonds is 4. The fraction of sp³-hybridized carbons (Fsp3) is 0.263. The zero-order valence-electron chi connectivity index (χ0n) is 14.5. The van der Waals surface area contributed by atoms with Crippen molar-refractivity contribution < 1.29 is 9.53 Å². The average Bonchev–Trinajstić information content (AvgIpc) is 2.66. The third-order valence-electron chi connectivity index (χ3n) is 4.13. The van der Waals surface area contributed by atoms with Crippen molar-refractivity contribution in [2.45, 2.75) is 6.54 Å². The van der Waals surface area contributed by atoms with Gasteiger partial charge in [-0.25, -0.2) is 0 Å². The van der Waals surface area contributed by atoms with Crippen LogP contribution in [0.5, 0.6) is 0 Å². The molecular weight excluding hydrogens is 405 g/mol. The molecule has 1 saturated heterocycles. The molecule has 5 nitrogen and oxygen atoms in total. The Labute approximate surface area is 173 Å². The summed E-state index contributed by atoms with van der Waals surface area (Å²) < 4.78 is 5.36. The molecule has 1 aliphatic heterocycles. The summed E-state index contributed by atoms with van der Waals surface area (Å²) in [6.07, 6.45) is 0. The van der Waals surface area contributed by atoms with Crippen LogP contribution >= 0.6 is 35.4 Å². The van der Waals surface area contributed by atoms with E-state index < -0.39 is 0 Å². The molecule has 3 rings (SSSR count). The van der Waals surface area contributed by atoms with Gasteiger partial charge >= 0.3 is 0 Å².